The molecule has 27 heavy (non-hydrogen) atoms. The minimum atomic E-state index is -0.594. The average molecular weight is 407 g/mol. The largest absolute Gasteiger partial charge is 0.348 e. The summed E-state index contributed by atoms with van der Waals surface area (Å²) in [5.74, 6) is -1.75. The summed E-state index contributed by atoms with van der Waals surface area (Å²) >= 11 is 2.55. The number of hydrogen-bond donors (Lipinski definition) is 2. The van der Waals surface area contributed by atoms with Crippen LogP contribution in [-0.2, 0) is 9.59 Å². The van der Waals surface area contributed by atoms with Crippen LogP contribution in [0.1, 0.15) is 24.3 Å². The first-order valence-electron chi connectivity index (χ1n) is 7.93. The minimum Gasteiger partial charge on any atom is -0.348 e. The maximum Gasteiger partial charge on any atom is 0.228 e. The number of nitrogens with one attached hydrogen (secondary N) is 2. The van der Waals surface area contributed by atoms with Crippen LogP contribution in [0, 0.1) is 11.6 Å². The number of carbonyl (C=O) groups excluding carboxylic acids is 2. The summed E-state index contributed by atoms with van der Waals surface area (Å²) in [7, 11) is 0. The van der Waals surface area contributed by atoms with Crippen molar-refractivity contribution < 1.29 is 18.4 Å². The van der Waals surface area contributed by atoms with E-state index in [9.17, 15) is 18.4 Å². The third kappa shape index (κ3) is 4.95. The molecule has 2 aromatic heterocycles. The van der Waals surface area contributed by atoms with E-state index < -0.39 is 17.7 Å². The van der Waals surface area contributed by atoms with Crippen molar-refractivity contribution in [2.75, 3.05) is 5.32 Å². The van der Waals surface area contributed by atoms with Gasteiger partial charge in [-0.2, -0.15) is 0 Å². The summed E-state index contributed by atoms with van der Waals surface area (Å²) in [6, 6.07) is 6.35. The molecular weight excluding hydrogens is 392 g/mol. The van der Waals surface area contributed by atoms with Gasteiger partial charge in [0, 0.05) is 22.7 Å². The first kappa shape index (κ1) is 19.1. The van der Waals surface area contributed by atoms with Crippen LogP contribution in [0.4, 0.5) is 13.9 Å². The molecule has 0 saturated heterocycles. The molecule has 2 N–H and O–H groups in total. The molecule has 3 aromatic rings. The van der Waals surface area contributed by atoms with Gasteiger partial charge in [0.15, 0.2) is 5.13 Å². The normalized spacial score (nSPS) is 11.8. The topological polar surface area (TPSA) is 71.1 Å². The van der Waals surface area contributed by atoms with E-state index in [1.54, 1.807) is 0 Å². The first-order valence-corrected chi connectivity index (χ1v) is 9.69. The highest BCUT2D eigenvalue weighted by Crippen LogP contribution is 2.28. The van der Waals surface area contributed by atoms with E-state index in [-0.39, 0.29) is 34.6 Å². The molecular formula is C18H15F2N3O2S2. The van der Waals surface area contributed by atoms with Crippen LogP contribution in [-0.4, -0.2) is 16.8 Å². The van der Waals surface area contributed by atoms with E-state index in [0.717, 1.165) is 34.4 Å². The quantitative estimate of drug-likeness (QED) is 0.638. The van der Waals surface area contributed by atoms with E-state index in [0.29, 0.717) is 0 Å². The SMILES string of the molecule is CC(=O)N[C@@H](CC(=O)Nc1nc(-c2cc(F)ccc2F)cs1)c1cccs1. The molecule has 0 aliphatic rings. The molecule has 2 heterocycles. The van der Waals surface area contributed by atoms with Crippen LogP contribution in [0.2, 0.25) is 0 Å². The van der Waals surface area contributed by atoms with Gasteiger partial charge in [-0.1, -0.05) is 6.07 Å². The molecule has 0 radical (unpaired) electrons. The number of nitrogens with zero attached hydrogens (tertiary/aromatic N) is 1. The zero-order valence-electron chi connectivity index (χ0n) is 14.2. The lowest BCUT2D eigenvalue weighted by Crippen LogP contribution is -2.29. The van der Waals surface area contributed by atoms with Crippen LogP contribution < -0.4 is 10.6 Å². The lowest BCUT2D eigenvalue weighted by molar-refractivity contribution is -0.120. The maximum absolute atomic E-state index is 13.8. The summed E-state index contributed by atoms with van der Waals surface area (Å²) in [5, 5.41) is 9.06. The fourth-order valence-corrected chi connectivity index (χ4v) is 3.97. The number of amides is 2. The number of rotatable bonds is 6. The molecule has 0 unspecified atom stereocenters. The molecule has 0 spiro atoms. The fourth-order valence-electron chi connectivity index (χ4n) is 2.46. The Kier molecular flexibility index (Phi) is 5.92. The van der Waals surface area contributed by atoms with Crippen LogP contribution in [0.25, 0.3) is 11.3 Å². The Morgan fingerprint density at radius 3 is 2.74 bits per heavy atom. The van der Waals surface area contributed by atoms with Crippen molar-refractivity contribution in [3.05, 3.63) is 57.6 Å². The van der Waals surface area contributed by atoms with E-state index in [1.165, 1.54) is 23.6 Å². The van der Waals surface area contributed by atoms with Crippen molar-refractivity contribution in [2.45, 2.75) is 19.4 Å². The molecule has 9 heteroatoms. The van der Waals surface area contributed by atoms with Gasteiger partial charge >= 0.3 is 0 Å². The maximum atomic E-state index is 13.8. The standard InChI is InChI=1S/C18H15F2N3O2S2/c1-10(24)21-14(16-3-2-6-26-16)8-17(25)23-18-22-15(9-27-18)12-7-11(19)4-5-13(12)20/h2-7,9,14H,8H2,1H3,(H,21,24)(H,22,23,25)/t14-/m0/s1. The number of hydrogen-bond acceptors (Lipinski definition) is 5. The summed E-state index contributed by atoms with van der Waals surface area (Å²) < 4.78 is 27.2. The number of thiazole rings is 1. The molecule has 0 aliphatic heterocycles. The van der Waals surface area contributed by atoms with Crippen molar-refractivity contribution in [3.63, 3.8) is 0 Å². The zero-order valence-corrected chi connectivity index (χ0v) is 15.8. The predicted molar refractivity (Wildman–Crippen MR) is 102 cm³/mol. The lowest BCUT2D eigenvalue weighted by atomic mass is 10.1. The van der Waals surface area contributed by atoms with Crippen LogP contribution in [0.15, 0.2) is 41.1 Å². The average Bonchev–Trinajstić information content (AvgIpc) is 3.28. The van der Waals surface area contributed by atoms with E-state index in [2.05, 4.69) is 15.6 Å². The Hall–Kier alpha value is -2.65. The van der Waals surface area contributed by atoms with Crippen molar-refractivity contribution in [2.24, 2.45) is 0 Å². The van der Waals surface area contributed by atoms with Gasteiger partial charge < -0.3 is 10.6 Å². The molecule has 140 valence electrons. The second-order valence-corrected chi connectivity index (χ2v) is 7.52. The fraction of sp³-hybridized carbons (Fsp3) is 0.167. The van der Waals surface area contributed by atoms with Crippen LogP contribution in [0.5, 0.6) is 0 Å². The second-order valence-electron chi connectivity index (χ2n) is 5.68. The number of benzene rings is 1. The number of anilines is 1. The summed E-state index contributed by atoms with van der Waals surface area (Å²) in [5.41, 5.74) is 0.269. The van der Waals surface area contributed by atoms with Crippen LogP contribution in [0.3, 0.4) is 0 Å². The Morgan fingerprint density at radius 2 is 2.04 bits per heavy atom. The highest BCUT2D eigenvalue weighted by molar-refractivity contribution is 7.14. The third-order valence-corrected chi connectivity index (χ3v) is 5.35. The van der Waals surface area contributed by atoms with Gasteiger partial charge in [-0.3, -0.25) is 9.59 Å². The van der Waals surface area contributed by atoms with Gasteiger partial charge in [0.05, 0.1) is 18.2 Å². The number of thiophene rings is 1. The van der Waals surface area contributed by atoms with Crippen molar-refractivity contribution in [3.8, 4) is 11.3 Å². The highest BCUT2D eigenvalue weighted by Gasteiger charge is 2.19. The third-order valence-electron chi connectivity index (χ3n) is 3.61. The Morgan fingerprint density at radius 1 is 1.22 bits per heavy atom. The van der Waals surface area contributed by atoms with Gasteiger partial charge in [-0.15, -0.1) is 22.7 Å². The molecule has 0 aliphatic carbocycles. The number of aromatic nitrogens is 1. The van der Waals surface area contributed by atoms with Crippen molar-refractivity contribution in [1.82, 2.24) is 10.3 Å². The molecule has 2 amide bonds. The van der Waals surface area contributed by atoms with Crippen molar-refractivity contribution in [1.29, 1.82) is 0 Å². The Balaban J connectivity index is 1.70. The minimum absolute atomic E-state index is 0.0291. The molecule has 3 rings (SSSR count). The molecule has 5 nitrogen and oxygen atoms in total. The zero-order chi connectivity index (χ0) is 19.4. The molecule has 0 bridgehead atoms. The summed E-state index contributed by atoms with van der Waals surface area (Å²) in [6.45, 7) is 1.39. The smallest absolute Gasteiger partial charge is 0.228 e. The summed E-state index contributed by atoms with van der Waals surface area (Å²) in [4.78, 5) is 28.7. The molecule has 1 atom stereocenters. The van der Waals surface area contributed by atoms with Gasteiger partial charge in [-0.05, 0) is 29.6 Å². The van der Waals surface area contributed by atoms with Gasteiger partial charge in [-0.25, -0.2) is 13.8 Å². The monoisotopic (exact) mass is 407 g/mol. The van der Waals surface area contributed by atoms with Gasteiger partial charge in [0.25, 0.3) is 0 Å². The van der Waals surface area contributed by atoms with E-state index in [1.807, 2.05) is 17.5 Å². The predicted octanol–water partition coefficient (Wildman–Crippen LogP) is 4.36. The highest BCUT2D eigenvalue weighted by atomic mass is 32.1. The second kappa shape index (κ2) is 8.36. The van der Waals surface area contributed by atoms with E-state index in [4.69, 9.17) is 0 Å². The van der Waals surface area contributed by atoms with Gasteiger partial charge in [0.1, 0.15) is 11.6 Å². The van der Waals surface area contributed by atoms with Gasteiger partial charge in [0.2, 0.25) is 11.8 Å². The van der Waals surface area contributed by atoms with E-state index >= 15 is 0 Å². The lowest BCUT2D eigenvalue weighted by Gasteiger charge is -2.15. The molecule has 1 aromatic carbocycles. The molecule has 0 fully saturated rings. The Labute approximate surface area is 162 Å². The Bertz CT molecular complexity index is 957. The number of halogens is 2. The molecule has 0 saturated carbocycles. The first-order chi connectivity index (χ1) is 12.9. The van der Waals surface area contributed by atoms with Crippen LogP contribution >= 0.6 is 22.7 Å². The summed E-state index contributed by atoms with van der Waals surface area (Å²) in [6.07, 6.45) is 0.0311. The number of carbonyl (C=O) groups is 2. The van der Waals surface area contributed by atoms with Crippen molar-refractivity contribution >= 4 is 39.6 Å².